The Bertz CT molecular complexity index is 498. The molecule has 0 aliphatic heterocycles. The number of carbonyl (C=O) groups is 1. The molecule has 0 aliphatic rings. The van der Waals surface area contributed by atoms with Crippen molar-refractivity contribution in [2.24, 2.45) is 0 Å². The molecule has 0 atom stereocenters. The molecule has 0 aromatic carbocycles. The number of aromatic nitrogens is 1. The standard InChI is InChI=1S/C12H11BrN2OS/c13-11-6-10(8-17-11)12(16)15-5-3-9-2-1-4-14-7-9/h1-2,4,6-8H,3,5H2,(H,15,16). The minimum Gasteiger partial charge on any atom is -0.352 e. The van der Waals surface area contributed by atoms with E-state index in [2.05, 4.69) is 26.2 Å². The molecule has 0 bridgehead atoms. The van der Waals surface area contributed by atoms with E-state index in [1.54, 1.807) is 6.20 Å². The molecule has 2 aromatic rings. The molecule has 1 amide bonds. The number of thiophene rings is 1. The van der Waals surface area contributed by atoms with Crippen molar-refractivity contribution in [2.45, 2.75) is 6.42 Å². The molecule has 2 heterocycles. The fraction of sp³-hybridized carbons (Fsp3) is 0.167. The van der Waals surface area contributed by atoms with Crippen molar-refractivity contribution >= 4 is 33.2 Å². The van der Waals surface area contributed by atoms with Crippen molar-refractivity contribution in [3.8, 4) is 0 Å². The highest BCUT2D eigenvalue weighted by molar-refractivity contribution is 9.11. The van der Waals surface area contributed by atoms with Gasteiger partial charge in [-0.3, -0.25) is 9.78 Å². The van der Waals surface area contributed by atoms with E-state index in [9.17, 15) is 4.79 Å². The topological polar surface area (TPSA) is 42.0 Å². The zero-order valence-corrected chi connectivity index (χ0v) is 11.4. The van der Waals surface area contributed by atoms with Crippen LogP contribution in [0.2, 0.25) is 0 Å². The first-order chi connectivity index (χ1) is 8.25. The molecule has 0 saturated carbocycles. The van der Waals surface area contributed by atoms with Gasteiger partial charge in [0.1, 0.15) is 0 Å². The predicted octanol–water partition coefficient (Wildman–Crippen LogP) is 2.88. The second-order valence-corrected chi connectivity index (χ2v) is 5.80. The molecule has 5 heteroatoms. The number of amides is 1. The fourth-order valence-electron chi connectivity index (χ4n) is 1.40. The lowest BCUT2D eigenvalue weighted by molar-refractivity contribution is 0.0954. The third-order valence-electron chi connectivity index (χ3n) is 2.25. The Morgan fingerprint density at radius 3 is 3.06 bits per heavy atom. The Morgan fingerprint density at radius 2 is 2.41 bits per heavy atom. The van der Waals surface area contributed by atoms with Crippen LogP contribution in [-0.4, -0.2) is 17.4 Å². The van der Waals surface area contributed by atoms with E-state index >= 15 is 0 Å². The number of rotatable bonds is 4. The average Bonchev–Trinajstić information content (AvgIpc) is 2.77. The summed E-state index contributed by atoms with van der Waals surface area (Å²) in [4.78, 5) is 15.7. The van der Waals surface area contributed by atoms with E-state index in [-0.39, 0.29) is 5.91 Å². The molecule has 17 heavy (non-hydrogen) atoms. The van der Waals surface area contributed by atoms with Crippen LogP contribution in [0.4, 0.5) is 0 Å². The van der Waals surface area contributed by atoms with Crippen LogP contribution < -0.4 is 5.32 Å². The third kappa shape index (κ3) is 3.64. The molecule has 0 spiro atoms. The van der Waals surface area contributed by atoms with Gasteiger partial charge in [-0.25, -0.2) is 0 Å². The van der Waals surface area contributed by atoms with Gasteiger partial charge in [-0.15, -0.1) is 11.3 Å². The number of pyridine rings is 1. The second-order valence-electron chi connectivity index (χ2n) is 3.51. The van der Waals surface area contributed by atoms with Crippen LogP contribution in [0.25, 0.3) is 0 Å². The van der Waals surface area contributed by atoms with Gasteiger partial charge in [-0.1, -0.05) is 6.07 Å². The Morgan fingerprint density at radius 1 is 1.53 bits per heavy atom. The summed E-state index contributed by atoms with van der Waals surface area (Å²) in [5, 5.41) is 4.72. The van der Waals surface area contributed by atoms with E-state index in [1.807, 2.05) is 29.8 Å². The van der Waals surface area contributed by atoms with E-state index < -0.39 is 0 Å². The Labute approximate surface area is 112 Å². The molecule has 2 aromatic heterocycles. The van der Waals surface area contributed by atoms with Crippen molar-refractivity contribution in [3.05, 3.63) is 50.9 Å². The molecular weight excluding hydrogens is 300 g/mol. The predicted molar refractivity (Wildman–Crippen MR) is 72.3 cm³/mol. The van der Waals surface area contributed by atoms with Gasteiger partial charge in [0.2, 0.25) is 0 Å². The second kappa shape index (κ2) is 5.93. The van der Waals surface area contributed by atoms with Crippen LogP contribution in [0, 0.1) is 0 Å². The molecule has 2 rings (SSSR count). The van der Waals surface area contributed by atoms with Crippen LogP contribution in [0.3, 0.4) is 0 Å². The number of hydrogen-bond donors (Lipinski definition) is 1. The van der Waals surface area contributed by atoms with Crippen molar-refractivity contribution in [1.82, 2.24) is 10.3 Å². The minimum absolute atomic E-state index is 0.0316. The summed E-state index contributed by atoms with van der Waals surface area (Å²) in [7, 11) is 0. The van der Waals surface area contributed by atoms with Gasteiger partial charge in [0.05, 0.1) is 9.35 Å². The van der Waals surface area contributed by atoms with Gasteiger partial charge in [-0.05, 0) is 40.0 Å². The maximum absolute atomic E-state index is 11.7. The lowest BCUT2D eigenvalue weighted by atomic mass is 10.2. The van der Waals surface area contributed by atoms with Crippen LogP contribution in [0.1, 0.15) is 15.9 Å². The summed E-state index contributed by atoms with van der Waals surface area (Å²) in [5.41, 5.74) is 1.83. The first-order valence-corrected chi connectivity index (χ1v) is 6.84. The third-order valence-corrected chi connectivity index (χ3v) is 3.76. The normalized spacial score (nSPS) is 10.2. The van der Waals surface area contributed by atoms with Crippen molar-refractivity contribution < 1.29 is 4.79 Å². The van der Waals surface area contributed by atoms with Gasteiger partial charge in [0.15, 0.2) is 0 Å². The first kappa shape index (κ1) is 12.3. The summed E-state index contributed by atoms with van der Waals surface area (Å²) in [5.74, 6) is -0.0316. The van der Waals surface area contributed by atoms with Gasteiger partial charge in [-0.2, -0.15) is 0 Å². The molecule has 88 valence electrons. The Balaban J connectivity index is 1.81. The van der Waals surface area contributed by atoms with E-state index in [0.717, 1.165) is 15.8 Å². The highest BCUT2D eigenvalue weighted by atomic mass is 79.9. The first-order valence-electron chi connectivity index (χ1n) is 5.17. The quantitative estimate of drug-likeness (QED) is 0.943. The van der Waals surface area contributed by atoms with Crippen molar-refractivity contribution in [1.29, 1.82) is 0 Å². The zero-order chi connectivity index (χ0) is 12.1. The number of nitrogens with one attached hydrogen (secondary N) is 1. The molecule has 3 nitrogen and oxygen atoms in total. The number of halogens is 1. The highest BCUT2D eigenvalue weighted by Gasteiger charge is 2.06. The van der Waals surface area contributed by atoms with Gasteiger partial charge in [0.25, 0.3) is 5.91 Å². The number of nitrogens with zero attached hydrogens (tertiary/aromatic N) is 1. The van der Waals surface area contributed by atoms with Gasteiger partial charge < -0.3 is 5.32 Å². The van der Waals surface area contributed by atoms with Crippen molar-refractivity contribution in [2.75, 3.05) is 6.54 Å². The Hall–Kier alpha value is -1.20. The van der Waals surface area contributed by atoms with Crippen LogP contribution in [0.5, 0.6) is 0 Å². The number of hydrogen-bond acceptors (Lipinski definition) is 3. The highest BCUT2D eigenvalue weighted by Crippen LogP contribution is 2.20. The lowest BCUT2D eigenvalue weighted by Gasteiger charge is -2.03. The summed E-state index contributed by atoms with van der Waals surface area (Å²) < 4.78 is 0.968. The summed E-state index contributed by atoms with van der Waals surface area (Å²) >= 11 is 4.84. The van der Waals surface area contributed by atoms with Crippen LogP contribution in [0.15, 0.2) is 39.8 Å². The maximum Gasteiger partial charge on any atom is 0.252 e. The fourth-order valence-corrected chi connectivity index (χ4v) is 2.53. The van der Waals surface area contributed by atoms with E-state index in [1.165, 1.54) is 11.3 Å². The number of carbonyl (C=O) groups excluding carboxylic acids is 1. The molecule has 0 aliphatic carbocycles. The largest absolute Gasteiger partial charge is 0.352 e. The van der Waals surface area contributed by atoms with Crippen LogP contribution in [-0.2, 0) is 6.42 Å². The monoisotopic (exact) mass is 310 g/mol. The molecule has 0 saturated heterocycles. The van der Waals surface area contributed by atoms with Gasteiger partial charge in [0, 0.05) is 24.3 Å². The average molecular weight is 311 g/mol. The SMILES string of the molecule is O=C(NCCc1cccnc1)c1csc(Br)c1. The van der Waals surface area contributed by atoms with Crippen molar-refractivity contribution in [3.63, 3.8) is 0 Å². The maximum atomic E-state index is 11.7. The van der Waals surface area contributed by atoms with E-state index in [0.29, 0.717) is 12.1 Å². The lowest BCUT2D eigenvalue weighted by Crippen LogP contribution is -2.25. The molecule has 1 N–H and O–H groups in total. The molecule has 0 radical (unpaired) electrons. The summed E-state index contributed by atoms with van der Waals surface area (Å²) in [6.45, 7) is 0.623. The Kier molecular flexibility index (Phi) is 4.28. The molecule has 0 unspecified atom stereocenters. The zero-order valence-electron chi connectivity index (χ0n) is 9.02. The van der Waals surface area contributed by atoms with Crippen LogP contribution >= 0.6 is 27.3 Å². The van der Waals surface area contributed by atoms with Gasteiger partial charge >= 0.3 is 0 Å². The molecular formula is C12H11BrN2OS. The summed E-state index contributed by atoms with van der Waals surface area (Å²) in [6.07, 6.45) is 4.35. The van der Waals surface area contributed by atoms with E-state index in [4.69, 9.17) is 0 Å². The molecule has 0 fully saturated rings. The minimum atomic E-state index is -0.0316. The summed E-state index contributed by atoms with van der Waals surface area (Å²) in [6, 6.07) is 5.72. The smallest absolute Gasteiger partial charge is 0.252 e.